The van der Waals surface area contributed by atoms with Crippen LogP contribution in [-0.2, 0) is 4.94 Å². The average Bonchev–Trinajstić information content (AvgIpc) is 2.81. The van der Waals surface area contributed by atoms with Crippen LogP contribution < -0.4 is 0 Å². The normalized spacial score (nSPS) is 11.4. The zero-order chi connectivity index (χ0) is 12.7. The van der Waals surface area contributed by atoms with Crippen LogP contribution in [0.4, 0.5) is 4.53 Å². The Balaban J connectivity index is 2.38. The first-order valence-electron chi connectivity index (χ1n) is 5.69. The first kappa shape index (κ1) is 14.3. The van der Waals surface area contributed by atoms with Crippen molar-refractivity contribution in [3.05, 3.63) is 22.4 Å². The summed E-state index contributed by atoms with van der Waals surface area (Å²) in [4.78, 5) is 18.2. The lowest BCUT2D eigenvalue weighted by Crippen LogP contribution is -2.35. The average molecular weight is 259 g/mol. The van der Waals surface area contributed by atoms with Crippen LogP contribution in [0.1, 0.15) is 29.9 Å². The quantitative estimate of drug-likeness (QED) is 0.672. The highest BCUT2D eigenvalue weighted by molar-refractivity contribution is 7.12. The molecule has 96 valence electrons. The highest BCUT2D eigenvalue weighted by Crippen LogP contribution is 2.12. The molecule has 0 spiro atoms. The molecule has 0 aliphatic rings. The molecule has 0 aliphatic carbocycles. The largest absolute Gasteiger partial charge is 0.298 e. The van der Waals surface area contributed by atoms with Crippen LogP contribution in [0.2, 0.25) is 0 Å². The van der Waals surface area contributed by atoms with Gasteiger partial charge in [0.2, 0.25) is 0 Å². The molecule has 0 aromatic carbocycles. The number of Topliss-reactive ketones (excluding diaryl/α,β-unsaturated/α-hetero) is 1. The number of hydrogen-bond acceptors (Lipinski definition) is 4. The highest BCUT2D eigenvalue weighted by Gasteiger charge is 2.13. The van der Waals surface area contributed by atoms with E-state index in [1.807, 2.05) is 36.3 Å². The summed E-state index contributed by atoms with van der Waals surface area (Å²) in [6.45, 7) is 5.23. The fourth-order valence-corrected chi connectivity index (χ4v) is 2.28. The summed E-state index contributed by atoms with van der Waals surface area (Å²) in [5.74, 6) is 0.145. The Kier molecular flexibility index (Phi) is 6.32. The molecule has 1 aromatic rings. The van der Waals surface area contributed by atoms with Crippen molar-refractivity contribution in [3.8, 4) is 0 Å². The first-order chi connectivity index (χ1) is 8.15. The lowest BCUT2D eigenvalue weighted by Gasteiger charge is -2.25. The van der Waals surface area contributed by atoms with Crippen LogP contribution in [-0.4, -0.2) is 36.4 Å². The van der Waals surface area contributed by atoms with E-state index in [-0.39, 0.29) is 18.4 Å². The van der Waals surface area contributed by atoms with Crippen molar-refractivity contribution >= 4 is 17.1 Å². The second kappa shape index (κ2) is 7.53. The van der Waals surface area contributed by atoms with E-state index in [1.54, 1.807) is 0 Å². The van der Waals surface area contributed by atoms with Gasteiger partial charge in [-0.05, 0) is 29.8 Å². The molecule has 1 rings (SSSR count). The van der Waals surface area contributed by atoms with Gasteiger partial charge in [-0.3, -0.25) is 9.69 Å². The molecular formula is C12H18FNO2S. The molecule has 0 N–H and O–H groups in total. The molecule has 0 saturated carbocycles. The Morgan fingerprint density at radius 2 is 2.29 bits per heavy atom. The summed E-state index contributed by atoms with van der Waals surface area (Å²) in [6, 6.07) is 3.98. The number of halogens is 1. The van der Waals surface area contributed by atoms with Crippen molar-refractivity contribution < 1.29 is 14.3 Å². The van der Waals surface area contributed by atoms with Crippen molar-refractivity contribution in [3.63, 3.8) is 0 Å². The van der Waals surface area contributed by atoms with E-state index >= 15 is 0 Å². The van der Waals surface area contributed by atoms with Crippen LogP contribution in [0.3, 0.4) is 0 Å². The summed E-state index contributed by atoms with van der Waals surface area (Å²) in [5, 5.41) is 1.89. The van der Waals surface area contributed by atoms with Gasteiger partial charge in [0.25, 0.3) is 0 Å². The molecule has 0 unspecified atom stereocenters. The third kappa shape index (κ3) is 4.93. The van der Waals surface area contributed by atoms with E-state index in [0.717, 1.165) is 4.88 Å². The SMILES string of the molecule is CC(C)N(CCOF)CCC(=O)c1cccs1. The summed E-state index contributed by atoms with van der Waals surface area (Å²) in [6.07, 6.45) is 0.463. The molecule has 1 heterocycles. The van der Waals surface area contributed by atoms with Gasteiger partial charge in [0.05, 0.1) is 4.88 Å². The van der Waals surface area contributed by atoms with E-state index < -0.39 is 0 Å². The van der Waals surface area contributed by atoms with Crippen molar-refractivity contribution in [1.82, 2.24) is 4.90 Å². The maximum absolute atomic E-state index is 11.8. The second-order valence-corrected chi connectivity index (χ2v) is 5.04. The molecule has 0 amide bonds. The van der Waals surface area contributed by atoms with Gasteiger partial charge >= 0.3 is 0 Å². The molecule has 0 saturated heterocycles. The topological polar surface area (TPSA) is 29.5 Å². The van der Waals surface area contributed by atoms with Crippen LogP contribution in [0.15, 0.2) is 17.5 Å². The fourth-order valence-electron chi connectivity index (χ4n) is 1.59. The third-order valence-corrected chi connectivity index (χ3v) is 3.52. The highest BCUT2D eigenvalue weighted by atomic mass is 32.1. The van der Waals surface area contributed by atoms with E-state index in [9.17, 15) is 9.32 Å². The predicted octanol–water partition coefficient (Wildman–Crippen LogP) is 2.93. The summed E-state index contributed by atoms with van der Waals surface area (Å²) < 4.78 is 11.6. The molecule has 0 atom stereocenters. The number of nitrogens with zero attached hydrogens (tertiary/aromatic N) is 1. The fraction of sp³-hybridized carbons (Fsp3) is 0.583. The van der Waals surface area contributed by atoms with Crippen molar-refractivity contribution in [2.75, 3.05) is 19.7 Å². The number of hydrogen-bond donors (Lipinski definition) is 0. The molecule has 0 aliphatic heterocycles. The molecule has 0 bridgehead atoms. The van der Waals surface area contributed by atoms with Crippen LogP contribution >= 0.6 is 11.3 Å². The first-order valence-corrected chi connectivity index (χ1v) is 6.57. The van der Waals surface area contributed by atoms with Crippen molar-refractivity contribution in [2.24, 2.45) is 0 Å². The Morgan fingerprint density at radius 1 is 1.53 bits per heavy atom. The number of carbonyl (C=O) groups excluding carboxylic acids is 1. The molecule has 0 radical (unpaired) electrons. The Hall–Kier alpha value is -0.780. The molecular weight excluding hydrogens is 241 g/mol. The van der Waals surface area contributed by atoms with Gasteiger partial charge in [-0.2, -0.15) is 4.94 Å². The standard InChI is InChI=1S/C12H18FNO2S/c1-10(2)14(7-8-16-13)6-5-11(15)12-4-3-9-17-12/h3-4,9-10H,5-8H2,1-2H3. The maximum atomic E-state index is 11.8. The van der Waals surface area contributed by atoms with E-state index in [0.29, 0.717) is 19.5 Å². The Labute approximate surface area is 105 Å². The molecule has 17 heavy (non-hydrogen) atoms. The zero-order valence-electron chi connectivity index (χ0n) is 10.2. The molecule has 5 heteroatoms. The smallest absolute Gasteiger partial charge is 0.174 e. The van der Waals surface area contributed by atoms with Crippen molar-refractivity contribution in [2.45, 2.75) is 26.3 Å². The summed E-state index contributed by atoms with van der Waals surface area (Å²) >= 11 is 1.46. The van der Waals surface area contributed by atoms with Gasteiger partial charge < -0.3 is 0 Å². The lowest BCUT2D eigenvalue weighted by atomic mass is 10.2. The van der Waals surface area contributed by atoms with E-state index in [4.69, 9.17) is 0 Å². The van der Waals surface area contributed by atoms with Gasteiger partial charge in [0.15, 0.2) is 5.78 Å². The van der Waals surface area contributed by atoms with Gasteiger partial charge in [-0.1, -0.05) is 6.07 Å². The number of thiophene rings is 1. The minimum atomic E-state index is 0.0470. The zero-order valence-corrected chi connectivity index (χ0v) is 11.0. The van der Waals surface area contributed by atoms with Gasteiger partial charge in [0.1, 0.15) is 6.61 Å². The van der Waals surface area contributed by atoms with Gasteiger partial charge in [-0.25, -0.2) is 0 Å². The van der Waals surface area contributed by atoms with Crippen LogP contribution in [0.25, 0.3) is 0 Å². The number of carbonyl (C=O) groups is 1. The monoisotopic (exact) mass is 259 g/mol. The maximum Gasteiger partial charge on any atom is 0.174 e. The molecule has 0 fully saturated rings. The van der Waals surface area contributed by atoms with Crippen LogP contribution in [0.5, 0.6) is 0 Å². The summed E-state index contributed by atoms with van der Waals surface area (Å²) in [7, 11) is 0. The minimum absolute atomic E-state index is 0.0470. The van der Waals surface area contributed by atoms with E-state index in [2.05, 4.69) is 4.94 Å². The van der Waals surface area contributed by atoms with Crippen molar-refractivity contribution in [1.29, 1.82) is 0 Å². The van der Waals surface area contributed by atoms with Gasteiger partial charge in [0, 0.05) is 25.6 Å². The Bertz CT molecular complexity index is 327. The second-order valence-electron chi connectivity index (χ2n) is 4.09. The van der Waals surface area contributed by atoms with Gasteiger partial charge in [-0.15, -0.1) is 11.3 Å². The van der Waals surface area contributed by atoms with Crippen LogP contribution in [0, 0.1) is 0 Å². The molecule has 3 nitrogen and oxygen atoms in total. The third-order valence-electron chi connectivity index (χ3n) is 2.61. The molecule has 1 aromatic heterocycles. The Morgan fingerprint density at radius 3 is 2.82 bits per heavy atom. The van der Waals surface area contributed by atoms with E-state index in [1.165, 1.54) is 11.3 Å². The lowest BCUT2D eigenvalue weighted by molar-refractivity contribution is -0.137. The number of rotatable bonds is 8. The number of ketones is 1. The summed E-state index contributed by atoms with van der Waals surface area (Å²) in [5.41, 5.74) is 0. The minimum Gasteiger partial charge on any atom is -0.298 e. The predicted molar refractivity (Wildman–Crippen MR) is 67.0 cm³/mol.